The number of unbranched alkanes of at least 4 members (excludes halogenated alkanes) is 46. The number of aliphatic hydroxyl groups excluding tert-OH is 1. The van der Waals surface area contributed by atoms with E-state index in [2.05, 4.69) is 41.5 Å². The molecule has 0 aliphatic heterocycles. The average molecular weight is 1410 g/mol. The number of carbonyl (C=O) groups excluding carboxylic acids is 4. The van der Waals surface area contributed by atoms with E-state index in [1.807, 2.05) is 0 Å². The summed E-state index contributed by atoms with van der Waals surface area (Å²) in [5, 5.41) is 10.6. The summed E-state index contributed by atoms with van der Waals surface area (Å²) in [5.74, 6) is -0.505. The fraction of sp³-hybridized carbons (Fsp3) is 0.948. The zero-order valence-electron chi connectivity index (χ0n) is 62.7. The first-order valence-electron chi connectivity index (χ1n) is 40.0. The molecule has 0 aromatic heterocycles. The van der Waals surface area contributed by atoms with Crippen LogP contribution in [0, 0.1) is 11.8 Å². The molecule has 0 saturated heterocycles. The van der Waals surface area contributed by atoms with Crippen molar-refractivity contribution < 1.29 is 80.2 Å². The zero-order chi connectivity index (χ0) is 70.7. The number of hydrogen-bond donors (Lipinski definition) is 3. The molecule has 0 rings (SSSR count). The van der Waals surface area contributed by atoms with Gasteiger partial charge in [0.05, 0.1) is 26.4 Å². The molecule has 0 aromatic rings. The average Bonchev–Trinajstić information content (AvgIpc) is 1.64. The van der Waals surface area contributed by atoms with Gasteiger partial charge in [0.2, 0.25) is 0 Å². The molecule has 0 aliphatic rings. The van der Waals surface area contributed by atoms with Gasteiger partial charge in [0.15, 0.2) is 12.2 Å². The van der Waals surface area contributed by atoms with Gasteiger partial charge in [0.1, 0.15) is 19.3 Å². The predicted octanol–water partition coefficient (Wildman–Crippen LogP) is 22.7. The first-order chi connectivity index (χ1) is 46.4. The van der Waals surface area contributed by atoms with Crippen molar-refractivity contribution in [3.63, 3.8) is 0 Å². The van der Waals surface area contributed by atoms with Crippen molar-refractivity contribution >= 4 is 39.5 Å². The molecule has 0 bridgehead atoms. The van der Waals surface area contributed by atoms with Gasteiger partial charge in [-0.1, -0.05) is 350 Å². The second-order valence-corrected chi connectivity index (χ2v) is 31.6. The molecule has 5 atom stereocenters. The highest BCUT2D eigenvalue weighted by Crippen LogP contribution is 2.45. The highest BCUT2D eigenvalue weighted by molar-refractivity contribution is 7.47. The van der Waals surface area contributed by atoms with Crippen molar-refractivity contribution in [2.75, 3.05) is 39.6 Å². The Bertz CT molecular complexity index is 1860. The minimum absolute atomic E-state index is 0.107. The molecule has 0 heterocycles. The summed E-state index contributed by atoms with van der Waals surface area (Å²) in [6.07, 6.45) is 56.8. The summed E-state index contributed by atoms with van der Waals surface area (Å²) >= 11 is 0. The molecule has 17 nitrogen and oxygen atoms in total. The third kappa shape index (κ3) is 70.5. The smallest absolute Gasteiger partial charge is 0.462 e. The first kappa shape index (κ1) is 94.1. The Morgan fingerprint density at radius 2 is 0.479 bits per heavy atom. The highest BCUT2D eigenvalue weighted by atomic mass is 31.2. The number of phosphoric acid groups is 2. The monoisotopic (exact) mass is 1410 g/mol. The van der Waals surface area contributed by atoms with Crippen LogP contribution in [0.25, 0.3) is 0 Å². The lowest BCUT2D eigenvalue weighted by molar-refractivity contribution is -0.161. The van der Waals surface area contributed by atoms with Crippen molar-refractivity contribution in [1.29, 1.82) is 0 Å². The van der Waals surface area contributed by atoms with Gasteiger partial charge < -0.3 is 33.8 Å². The van der Waals surface area contributed by atoms with Crippen LogP contribution in [-0.4, -0.2) is 96.7 Å². The van der Waals surface area contributed by atoms with Crippen LogP contribution >= 0.6 is 15.6 Å². The van der Waals surface area contributed by atoms with Gasteiger partial charge in [-0.25, -0.2) is 9.13 Å². The van der Waals surface area contributed by atoms with Crippen LogP contribution in [0.4, 0.5) is 0 Å². The van der Waals surface area contributed by atoms with Crippen molar-refractivity contribution in [2.24, 2.45) is 11.8 Å². The number of carbonyl (C=O) groups is 4. The largest absolute Gasteiger partial charge is 0.472 e. The topological polar surface area (TPSA) is 237 Å². The molecular formula is C77H150O17P2. The molecule has 570 valence electrons. The third-order valence-electron chi connectivity index (χ3n) is 18.0. The van der Waals surface area contributed by atoms with Gasteiger partial charge in [-0.2, -0.15) is 0 Å². The Labute approximate surface area is 588 Å². The van der Waals surface area contributed by atoms with Gasteiger partial charge >= 0.3 is 39.5 Å². The van der Waals surface area contributed by atoms with Crippen molar-refractivity contribution in [3.05, 3.63) is 0 Å². The first-order valence-corrected chi connectivity index (χ1v) is 43.0. The Kier molecular flexibility index (Phi) is 67.4. The van der Waals surface area contributed by atoms with Gasteiger partial charge in [-0.15, -0.1) is 0 Å². The summed E-state index contributed by atoms with van der Waals surface area (Å²) in [6.45, 7) is 9.64. The second kappa shape index (κ2) is 68.8. The molecule has 2 unspecified atom stereocenters. The van der Waals surface area contributed by atoms with Gasteiger partial charge in [0.25, 0.3) is 0 Å². The molecular weight excluding hydrogens is 1260 g/mol. The molecule has 0 saturated carbocycles. The molecule has 96 heavy (non-hydrogen) atoms. The van der Waals surface area contributed by atoms with E-state index < -0.39 is 97.5 Å². The van der Waals surface area contributed by atoms with Gasteiger partial charge in [0, 0.05) is 25.7 Å². The van der Waals surface area contributed by atoms with E-state index in [0.29, 0.717) is 25.7 Å². The van der Waals surface area contributed by atoms with Crippen molar-refractivity contribution in [2.45, 2.75) is 419 Å². The quantitative estimate of drug-likeness (QED) is 0.0222. The molecule has 0 aliphatic carbocycles. The predicted molar refractivity (Wildman–Crippen MR) is 391 cm³/mol. The molecule has 0 fully saturated rings. The van der Waals surface area contributed by atoms with Gasteiger partial charge in [-0.05, 0) is 37.5 Å². The Morgan fingerprint density at radius 1 is 0.281 bits per heavy atom. The normalized spacial score (nSPS) is 14.0. The zero-order valence-corrected chi connectivity index (χ0v) is 64.5. The Morgan fingerprint density at radius 3 is 0.708 bits per heavy atom. The summed E-state index contributed by atoms with van der Waals surface area (Å²) < 4.78 is 68.5. The van der Waals surface area contributed by atoms with E-state index in [-0.39, 0.29) is 25.7 Å². The second-order valence-electron chi connectivity index (χ2n) is 28.7. The van der Waals surface area contributed by atoms with E-state index in [1.165, 1.54) is 218 Å². The number of aliphatic hydroxyl groups is 1. The number of rotatable bonds is 76. The molecule has 0 radical (unpaired) electrons. The van der Waals surface area contributed by atoms with E-state index in [0.717, 1.165) is 102 Å². The summed E-state index contributed by atoms with van der Waals surface area (Å²) in [6, 6.07) is 0. The van der Waals surface area contributed by atoms with E-state index in [4.69, 9.17) is 37.0 Å². The van der Waals surface area contributed by atoms with Crippen LogP contribution in [0.1, 0.15) is 401 Å². The maximum atomic E-state index is 13.1. The maximum Gasteiger partial charge on any atom is 0.472 e. The standard InChI is InChI=1S/C77H150O17P2/c1-7-9-11-13-15-17-28-37-43-49-55-61-76(81)93-72(65-87-74(79)59-53-47-41-33-16-14-12-10-8-2)67-91-95(83,84)89-63-71(78)64-90-96(85,86)92-68-73(94-77(82)62-56-50-44-38-32-27-23-19-21-25-30-35-40-46-52-58-70(5)6)66-88-75(80)60-54-48-42-36-31-26-22-18-20-24-29-34-39-45-51-57-69(3)4/h69-73,78H,7-68H2,1-6H3,(H,83,84)(H,85,86)/t71-,72+,73+/m0/s1. The summed E-state index contributed by atoms with van der Waals surface area (Å²) in [4.78, 5) is 72.8. The minimum Gasteiger partial charge on any atom is -0.462 e. The molecule has 0 amide bonds. The van der Waals surface area contributed by atoms with Crippen LogP contribution in [-0.2, 0) is 65.4 Å². The number of ether oxygens (including phenoxy) is 4. The highest BCUT2D eigenvalue weighted by Gasteiger charge is 2.30. The number of hydrogen-bond acceptors (Lipinski definition) is 15. The van der Waals surface area contributed by atoms with Crippen LogP contribution in [0.5, 0.6) is 0 Å². The van der Waals surface area contributed by atoms with Crippen LogP contribution in [0.15, 0.2) is 0 Å². The lowest BCUT2D eigenvalue weighted by Crippen LogP contribution is -2.30. The molecule has 19 heteroatoms. The Hall–Kier alpha value is -1.94. The lowest BCUT2D eigenvalue weighted by Gasteiger charge is -2.21. The molecule has 0 aromatic carbocycles. The van der Waals surface area contributed by atoms with E-state index in [1.54, 1.807) is 0 Å². The van der Waals surface area contributed by atoms with Gasteiger partial charge in [-0.3, -0.25) is 37.3 Å². The SMILES string of the molecule is CCCCCCCCCCCCCC(=O)O[C@H](COC(=O)CCCCCCCCCCC)COP(=O)(O)OC[C@H](O)COP(=O)(O)OC[C@@H](COC(=O)CCCCCCCCCCCCCCCCCC(C)C)OC(=O)CCCCCCCCCCCCCCCCCC(C)C. The fourth-order valence-corrected chi connectivity index (χ4v) is 13.4. The lowest BCUT2D eigenvalue weighted by atomic mass is 10.0. The molecule has 3 N–H and O–H groups in total. The summed E-state index contributed by atoms with van der Waals surface area (Å²) in [5.41, 5.74) is 0. The fourth-order valence-electron chi connectivity index (χ4n) is 11.8. The van der Waals surface area contributed by atoms with Crippen molar-refractivity contribution in [3.8, 4) is 0 Å². The number of esters is 4. The van der Waals surface area contributed by atoms with Crippen LogP contribution in [0.2, 0.25) is 0 Å². The number of phosphoric ester groups is 2. The van der Waals surface area contributed by atoms with E-state index in [9.17, 15) is 43.2 Å². The maximum absolute atomic E-state index is 13.1. The van der Waals surface area contributed by atoms with E-state index >= 15 is 0 Å². The van der Waals surface area contributed by atoms with Crippen molar-refractivity contribution in [1.82, 2.24) is 0 Å². The molecule has 0 spiro atoms. The summed E-state index contributed by atoms with van der Waals surface area (Å²) in [7, 11) is -9.91. The minimum atomic E-state index is -4.96. The van der Waals surface area contributed by atoms with Crippen LogP contribution < -0.4 is 0 Å². The Balaban J connectivity index is 5.21. The van der Waals surface area contributed by atoms with Crippen LogP contribution in [0.3, 0.4) is 0 Å². The third-order valence-corrected chi connectivity index (χ3v) is 19.9.